The number of carbonyl (C=O) groups is 2. The second-order valence-electron chi connectivity index (χ2n) is 3.68. The Morgan fingerprint density at radius 3 is 2.36 bits per heavy atom. The van der Waals surface area contributed by atoms with Crippen molar-refractivity contribution in [2.24, 2.45) is 11.7 Å². The minimum absolute atomic E-state index is 0.284. The van der Waals surface area contributed by atoms with E-state index < -0.39 is 17.4 Å². The summed E-state index contributed by atoms with van der Waals surface area (Å²) in [6.07, 6.45) is 0.452. The third-order valence-electron chi connectivity index (χ3n) is 2.46. The van der Waals surface area contributed by atoms with Crippen LogP contribution in [0, 0.1) is 5.92 Å². The van der Waals surface area contributed by atoms with Gasteiger partial charge in [-0.05, 0) is 13.3 Å². The number of nitrogens with two attached hydrogens (primary N) is 1. The van der Waals surface area contributed by atoms with E-state index in [1.165, 1.54) is 0 Å². The zero-order chi connectivity index (χ0) is 11.4. The number of rotatable bonds is 6. The molecule has 0 rings (SSSR count). The van der Waals surface area contributed by atoms with Crippen LogP contribution in [0.25, 0.3) is 0 Å². The molecule has 4 N–H and O–H groups in total. The summed E-state index contributed by atoms with van der Waals surface area (Å²) in [4.78, 5) is 21.6. The Morgan fingerprint density at radius 2 is 2.07 bits per heavy atom. The van der Waals surface area contributed by atoms with Crippen molar-refractivity contribution in [2.75, 3.05) is 6.54 Å². The first-order valence-corrected chi connectivity index (χ1v) is 4.61. The van der Waals surface area contributed by atoms with Gasteiger partial charge in [0.2, 0.25) is 5.91 Å². The second kappa shape index (κ2) is 4.95. The maximum Gasteiger partial charge on any atom is 0.323 e. The van der Waals surface area contributed by atoms with Gasteiger partial charge in [0.25, 0.3) is 0 Å². The minimum atomic E-state index is -0.982. The van der Waals surface area contributed by atoms with Crippen LogP contribution in [0.1, 0.15) is 27.2 Å². The van der Waals surface area contributed by atoms with E-state index in [2.05, 4.69) is 5.32 Å². The van der Waals surface area contributed by atoms with Gasteiger partial charge in [0.1, 0.15) is 5.54 Å². The molecule has 5 nitrogen and oxygen atoms in total. The number of carbonyl (C=O) groups excluding carboxylic acids is 1. The zero-order valence-electron chi connectivity index (χ0n) is 8.83. The van der Waals surface area contributed by atoms with Crippen molar-refractivity contribution in [1.29, 1.82) is 0 Å². The highest BCUT2D eigenvalue weighted by Crippen LogP contribution is 2.09. The highest BCUT2D eigenvalue weighted by atomic mass is 16.4. The van der Waals surface area contributed by atoms with Gasteiger partial charge in [-0.15, -0.1) is 0 Å². The smallest absolute Gasteiger partial charge is 0.323 e. The van der Waals surface area contributed by atoms with Crippen LogP contribution in [-0.2, 0) is 9.59 Å². The van der Waals surface area contributed by atoms with Gasteiger partial charge in [0, 0.05) is 12.5 Å². The molecule has 0 radical (unpaired) electrons. The van der Waals surface area contributed by atoms with Crippen LogP contribution in [0.2, 0.25) is 0 Å². The number of carboxylic acid groups (broad SMARTS) is 1. The number of nitrogens with one attached hydrogen (secondary N) is 1. The van der Waals surface area contributed by atoms with E-state index in [0.717, 1.165) is 0 Å². The lowest BCUT2D eigenvalue weighted by Crippen LogP contribution is -2.51. The molecule has 1 amide bonds. The third-order valence-corrected chi connectivity index (χ3v) is 2.46. The highest BCUT2D eigenvalue weighted by molar-refractivity contribution is 5.79. The first kappa shape index (κ1) is 12.9. The van der Waals surface area contributed by atoms with Crippen molar-refractivity contribution >= 4 is 11.9 Å². The molecule has 0 aliphatic rings. The van der Waals surface area contributed by atoms with Crippen molar-refractivity contribution in [1.82, 2.24) is 5.32 Å². The van der Waals surface area contributed by atoms with Gasteiger partial charge in [0.05, 0.1) is 0 Å². The number of hydrogen-bond acceptors (Lipinski definition) is 3. The Morgan fingerprint density at radius 1 is 1.57 bits per heavy atom. The first-order valence-electron chi connectivity index (χ1n) is 4.61. The van der Waals surface area contributed by atoms with E-state index in [4.69, 9.17) is 10.8 Å². The molecule has 0 saturated heterocycles. The van der Waals surface area contributed by atoms with E-state index in [1.54, 1.807) is 20.8 Å². The van der Waals surface area contributed by atoms with Crippen LogP contribution in [-0.4, -0.2) is 29.1 Å². The summed E-state index contributed by atoms with van der Waals surface area (Å²) in [6, 6.07) is 0. The fourth-order valence-corrected chi connectivity index (χ4v) is 0.831. The second-order valence-corrected chi connectivity index (χ2v) is 3.68. The highest BCUT2D eigenvalue weighted by Gasteiger charge is 2.30. The molecule has 0 aromatic heterocycles. The SMILES string of the molecule is CCC(C)(NCC(C)C(N)=O)C(=O)O. The molecule has 0 aromatic rings. The van der Waals surface area contributed by atoms with Gasteiger partial charge >= 0.3 is 5.97 Å². The average molecular weight is 202 g/mol. The number of hydrogen-bond donors (Lipinski definition) is 3. The minimum Gasteiger partial charge on any atom is -0.480 e. The van der Waals surface area contributed by atoms with Crippen LogP contribution < -0.4 is 11.1 Å². The molecule has 0 bridgehead atoms. The predicted octanol–water partition coefficient (Wildman–Crippen LogP) is -0.0493. The molecule has 2 unspecified atom stereocenters. The van der Waals surface area contributed by atoms with Gasteiger partial charge in [-0.2, -0.15) is 0 Å². The molecule has 14 heavy (non-hydrogen) atoms. The van der Waals surface area contributed by atoms with Crippen LogP contribution >= 0.6 is 0 Å². The largest absolute Gasteiger partial charge is 0.480 e. The van der Waals surface area contributed by atoms with Crippen LogP contribution in [0.15, 0.2) is 0 Å². The lowest BCUT2D eigenvalue weighted by molar-refractivity contribution is -0.144. The fraction of sp³-hybridized carbons (Fsp3) is 0.778. The lowest BCUT2D eigenvalue weighted by Gasteiger charge is -2.25. The Hall–Kier alpha value is -1.10. The maximum absolute atomic E-state index is 10.9. The predicted molar refractivity (Wildman–Crippen MR) is 52.7 cm³/mol. The molecule has 82 valence electrons. The third kappa shape index (κ3) is 3.33. The summed E-state index contributed by atoms with van der Waals surface area (Å²) in [5.74, 6) is -1.71. The van der Waals surface area contributed by atoms with E-state index in [1.807, 2.05) is 0 Å². The summed E-state index contributed by atoms with van der Waals surface area (Å²) in [5.41, 5.74) is 4.07. The normalized spacial score (nSPS) is 17.1. The monoisotopic (exact) mass is 202 g/mol. The van der Waals surface area contributed by atoms with Gasteiger partial charge in [-0.1, -0.05) is 13.8 Å². The molecule has 0 aliphatic carbocycles. The first-order chi connectivity index (χ1) is 6.33. The number of primary amides is 1. The standard InChI is InChI=1S/C9H18N2O3/c1-4-9(3,8(13)14)11-5-6(2)7(10)12/h6,11H,4-5H2,1-3H3,(H2,10,12)(H,13,14). The molecule has 2 atom stereocenters. The van der Waals surface area contributed by atoms with Crippen molar-refractivity contribution in [3.63, 3.8) is 0 Å². The topological polar surface area (TPSA) is 92.4 Å². The summed E-state index contributed by atoms with van der Waals surface area (Å²) >= 11 is 0. The Labute approximate surface area is 83.7 Å². The van der Waals surface area contributed by atoms with E-state index in [9.17, 15) is 9.59 Å². The van der Waals surface area contributed by atoms with Crippen molar-refractivity contribution < 1.29 is 14.7 Å². The summed E-state index contributed by atoms with van der Waals surface area (Å²) in [6.45, 7) is 5.30. The summed E-state index contributed by atoms with van der Waals surface area (Å²) < 4.78 is 0. The Bertz CT molecular complexity index is 230. The van der Waals surface area contributed by atoms with E-state index in [0.29, 0.717) is 6.42 Å². The molecular formula is C9H18N2O3. The van der Waals surface area contributed by atoms with Crippen molar-refractivity contribution in [2.45, 2.75) is 32.7 Å². The van der Waals surface area contributed by atoms with Crippen LogP contribution in [0.5, 0.6) is 0 Å². The molecular weight excluding hydrogens is 184 g/mol. The Kier molecular flexibility index (Phi) is 4.56. The summed E-state index contributed by atoms with van der Waals surface area (Å²) in [7, 11) is 0. The summed E-state index contributed by atoms with van der Waals surface area (Å²) in [5, 5.41) is 11.7. The van der Waals surface area contributed by atoms with Gasteiger partial charge < -0.3 is 16.2 Å². The Balaban J connectivity index is 4.21. The average Bonchev–Trinajstić information content (AvgIpc) is 2.12. The fourth-order valence-electron chi connectivity index (χ4n) is 0.831. The van der Waals surface area contributed by atoms with Gasteiger partial charge in [-0.3, -0.25) is 9.59 Å². The molecule has 0 aromatic carbocycles. The van der Waals surface area contributed by atoms with Crippen LogP contribution in [0.3, 0.4) is 0 Å². The molecule has 0 heterocycles. The lowest BCUT2D eigenvalue weighted by atomic mass is 9.98. The van der Waals surface area contributed by atoms with E-state index >= 15 is 0 Å². The number of aliphatic carboxylic acids is 1. The van der Waals surface area contributed by atoms with Gasteiger partial charge in [-0.25, -0.2) is 0 Å². The number of amides is 1. The number of carboxylic acids is 1. The van der Waals surface area contributed by atoms with Crippen molar-refractivity contribution in [3.05, 3.63) is 0 Å². The molecule has 5 heteroatoms. The van der Waals surface area contributed by atoms with Crippen molar-refractivity contribution in [3.8, 4) is 0 Å². The zero-order valence-corrected chi connectivity index (χ0v) is 8.83. The maximum atomic E-state index is 10.9. The molecule has 0 aliphatic heterocycles. The molecule has 0 saturated carbocycles. The molecule has 0 spiro atoms. The van der Waals surface area contributed by atoms with Crippen LogP contribution in [0.4, 0.5) is 0 Å². The molecule has 0 fully saturated rings. The quantitative estimate of drug-likeness (QED) is 0.563. The van der Waals surface area contributed by atoms with E-state index in [-0.39, 0.29) is 12.5 Å². The van der Waals surface area contributed by atoms with Gasteiger partial charge in [0.15, 0.2) is 0 Å².